The van der Waals surface area contributed by atoms with Crippen molar-refractivity contribution in [1.29, 1.82) is 0 Å². The zero-order chi connectivity index (χ0) is 9.84. The van der Waals surface area contributed by atoms with Crippen molar-refractivity contribution in [3.8, 4) is 0 Å². The normalized spacial score (nSPS) is 9.46. The molecule has 70 valence electrons. The van der Waals surface area contributed by atoms with Crippen LogP contribution in [0.5, 0.6) is 0 Å². The lowest BCUT2D eigenvalue weighted by Gasteiger charge is -2.09. The minimum atomic E-state index is 0.615. The van der Waals surface area contributed by atoms with Crippen molar-refractivity contribution in [1.82, 2.24) is 5.32 Å². The van der Waals surface area contributed by atoms with Gasteiger partial charge in [-0.2, -0.15) is 0 Å². The fourth-order valence-corrected chi connectivity index (χ4v) is 1.61. The largest absolute Gasteiger partial charge is 0.366 e. The SMILES string of the molecule is CNC(=S)Nc1ccc(C)cc1Br. The molecule has 0 bridgehead atoms. The van der Waals surface area contributed by atoms with Crippen molar-refractivity contribution in [2.45, 2.75) is 6.92 Å². The predicted molar refractivity (Wildman–Crippen MR) is 64.2 cm³/mol. The standard InChI is InChI=1S/C9H11BrN2S/c1-6-3-4-8(7(10)5-6)12-9(13)11-2/h3-5H,1-2H3,(H2,11,12,13). The predicted octanol–water partition coefficient (Wildman–Crippen LogP) is 2.67. The molecule has 0 aliphatic carbocycles. The lowest BCUT2D eigenvalue weighted by atomic mass is 10.2. The lowest BCUT2D eigenvalue weighted by Crippen LogP contribution is -2.24. The van der Waals surface area contributed by atoms with E-state index < -0.39 is 0 Å². The van der Waals surface area contributed by atoms with E-state index in [4.69, 9.17) is 12.2 Å². The minimum Gasteiger partial charge on any atom is -0.366 e. The average Bonchev–Trinajstić information content (AvgIpc) is 2.09. The molecule has 4 heteroatoms. The van der Waals surface area contributed by atoms with Gasteiger partial charge in [0.2, 0.25) is 0 Å². The summed E-state index contributed by atoms with van der Waals surface area (Å²) in [5.41, 5.74) is 2.19. The molecule has 0 aliphatic heterocycles. The smallest absolute Gasteiger partial charge is 0.170 e. The van der Waals surface area contributed by atoms with Crippen LogP contribution in [0.15, 0.2) is 22.7 Å². The van der Waals surface area contributed by atoms with Gasteiger partial charge in [0.25, 0.3) is 0 Å². The van der Waals surface area contributed by atoms with E-state index >= 15 is 0 Å². The van der Waals surface area contributed by atoms with Crippen LogP contribution in [0, 0.1) is 6.92 Å². The number of aryl methyl sites for hydroxylation is 1. The number of anilines is 1. The van der Waals surface area contributed by atoms with Crippen LogP contribution in [0.25, 0.3) is 0 Å². The maximum atomic E-state index is 4.99. The average molecular weight is 259 g/mol. The second-order valence-corrected chi connectivity index (χ2v) is 3.95. The third kappa shape index (κ3) is 2.97. The Balaban J connectivity index is 2.83. The Morgan fingerprint density at radius 3 is 2.69 bits per heavy atom. The highest BCUT2D eigenvalue weighted by molar-refractivity contribution is 9.10. The number of hydrogen-bond donors (Lipinski definition) is 2. The van der Waals surface area contributed by atoms with E-state index in [9.17, 15) is 0 Å². The number of benzene rings is 1. The molecule has 1 rings (SSSR count). The number of rotatable bonds is 1. The first kappa shape index (κ1) is 10.5. The Kier molecular flexibility index (Phi) is 3.69. The van der Waals surface area contributed by atoms with Crippen LogP contribution in [-0.4, -0.2) is 12.2 Å². The van der Waals surface area contributed by atoms with Gasteiger partial charge in [0, 0.05) is 11.5 Å². The zero-order valence-electron chi connectivity index (χ0n) is 7.52. The summed E-state index contributed by atoms with van der Waals surface area (Å²) in [6, 6.07) is 6.06. The Morgan fingerprint density at radius 1 is 1.46 bits per heavy atom. The molecule has 2 nitrogen and oxygen atoms in total. The number of hydrogen-bond acceptors (Lipinski definition) is 1. The fraction of sp³-hybridized carbons (Fsp3) is 0.222. The van der Waals surface area contributed by atoms with Crippen molar-refractivity contribution in [2.24, 2.45) is 0 Å². The number of halogens is 1. The van der Waals surface area contributed by atoms with Gasteiger partial charge >= 0.3 is 0 Å². The van der Waals surface area contributed by atoms with Crippen molar-refractivity contribution in [3.63, 3.8) is 0 Å². The van der Waals surface area contributed by atoms with Crippen molar-refractivity contribution in [2.75, 3.05) is 12.4 Å². The quantitative estimate of drug-likeness (QED) is 0.758. The molecule has 1 aromatic rings. The Morgan fingerprint density at radius 2 is 2.15 bits per heavy atom. The Labute approximate surface area is 91.9 Å². The van der Waals surface area contributed by atoms with Crippen molar-refractivity contribution < 1.29 is 0 Å². The van der Waals surface area contributed by atoms with Crippen LogP contribution in [0.1, 0.15) is 5.56 Å². The summed E-state index contributed by atoms with van der Waals surface area (Å²) < 4.78 is 1.02. The van der Waals surface area contributed by atoms with Gasteiger partial charge in [-0.25, -0.2) is 0 Å². The summed E-state index contributed by atoms with van der Waals surface area (Å²) in [5, 5.41) is 6.53. The van der Waals surface area contributed by atoms with Gasteiger partial charge < -0.3 is 10.6 Å². The Bertz CT molecular complexity index is 325. The molecule has 0 heterocycles. The van der Waals surface area contributed by atoms with Gasteiger partial charge in [0.1, 0.15) is 0 Å². The first-order valence-corrected chi connectivity index (χ1v) is 5.08. The molecule has 0 saturated heterocycles. The van der Waals surface area contributed by atoms with Gasteiger partial charge in [-0.3, -0.25) is 0 Å². The minimum absolute atomic E-state index is 0.615. The molecule has 0 aliphatic rings. The molecular weight excluding hydrogens is 248 g/mol. The third-order valence-electron chi connectivity index (χ3n) is 1.60. The summed E-state index contributed by atoms with van der Waals surface area (Å²) in [5.74, 6) is 0. The van der Waals surface area contributed by atoms with E-state index in [2.05, 4.69) is 26.6 Å². The zero-order valence-corrected chi connectivity index (χ0v) is 9.92. The van der Waals surface area contributed by atoms with E-state index in [1.165, 1.54) is 5.56 Å². The Hall–Kier alpha value is -0.610. The fourth-order valence-electron chi connectivity index (χ4n) is 0.906. The molecule has 2 N–H and O–H groups in total. The molecule has 13 heavy (non-hydrogen) atoms. The van der Waals surface area contributed by atoms with Crippen LogP contribution in [0.2, 0.25) is 0 Å². The number of thiocarbonyl (C=S) groups is 1. The molecule has 0 saturated carbocycles. The topological polar surface area (TPSA) is 24.1 Å². The van der Waals surface area contributed by atoms with Crippen LogP contribution in [0.4, 0.5) is 5.69 Å². The molecule has 0 fully saturated rings. The summed E-state index contributed by atoms with van der Waals surface area (Å²) in [6.07, 6.45) is 0. The first-order valence-electron chi connectivity index (χ1n) is 3.88. The van der Waals surface area contributed by atoms with Crippen LogP contribution in [-0.2, 0) is 0 Å². The van der Waals surface area contributed by atoms with Crippen molar-refractivity contribution in [3.05, 3.63) is 28.2 Å². The maximum absolute atomic E-state index is 4.99. The summed E-state index contributed by atoms with van der Waals surface area (Å²) in [6.45, 7) is 2.05. The van der Waals surface area contributed by atoms with Gasteiger partial charge in [-0.1, -0.05) is 6.07 Å². The van der Waals surface area contributed by atoms with Crippen LogP contribution < -0.4 is 10.6 Å². The van der Waals surface area contributed by atoms with E-state index in [1.807, 2.05) is 25.1 Å². The molecule has 1 aromatic carbocycles. The van der Waals surface area contributed by atoms with Crippen LogP contribution >= 0.6 is 28.1 Å². The van der Waals surface area contributed by atoms with Gasteiger partial charge in [0.15, 0.2) is 5.11 Å². The van der Waals surface area contributed by atoms with Gasteiger partial charge in [-0.05, 0) is 52.8 Å². The summed E-state index contributed by atoms with van der Waals surface area (Å²) >= 11 is 8.44. The molecule has 0 amide bonds. The highest BCUT2D eigenvalue weighted by atomic mass is 79.9. The highest BCUT2D eigenvalue weighted by Crippen LogP contribution is 2.22. The third-order valence-corrected chi connectivity index (χ3v) is 2.56. The molecule has 0 radical (unpaired) electrons. The summed E-state index contributed by atoms with van der Waals surface area (Å²) in [4.78, 5) is 0. The molecule has 0 unspecified atom stereocenters. The van der Waals surface area contributed by atoms with Gasteiger partial charge in [-0.15, -0.1) is 0 Å². The monoisotopic (exact) mass is 258 g/mol. The van der Waals surface area contributed by atoms with E-state index in [0.717, 1.165) is 10.2 Å². The highest BCUT2D eigenvalue weighted by Gasteiger charge is 2.00. The molecule has 0 aromatic heterocycles. The summed E-state index contributed by atoms with van der Waals surface area (Å²) in [7, 11) is 1.79. The first-order chi connectivity index (χ1) is 6.13. The number of nitrogens with one attached hydrogen (secondary N) is 2. The molecular formula is C9H11BrN2S. The molecule has 0 atom stereocenters. The van der Waals surface area contributed by atoms with Crippen molar-refractivity contribution >= 4 is 38.9 Å². The van der Waals surface area contributed by atoms with E-state index in [1.54, 1.807) is 7.05 Å². The van der Waals surface area contributed by atoms with E-state index in [0.29, 0.717) is 5.11 Å². The van der Waals surface area contributed by atoms with Gasteiger partial charge in [0.05, 0.1) is 5.69 Å². The lowest BCUT2D eigenvalue weighted by molar-refractivity contribution is 1.19. The van der Waals surface area contributed by atoms with E-state index in [-0.39, 0.29) is 0 Å². The second-order valence-electron chi connectivity index (χ2n) is 2.69. The second kappa shape index (κ2) is 4.58. The maximum Gasteiger partial charge on any atom is 0.170 e. The van der Waals surface area contributed by atoms with Crippen LogP contribution in [0.3, 0.4) is 0 Å². The molecule has 0 spiro atoms.